The third-order valence-corrected chi connectivity index (χ3v) is 7.37. The zero-order chi connectivity index (χ0) is 28.5. The smallest absolute Gasteiger partial charge is 0.250 e. The number of hydrogen-bond acceptors (Lipinski definition) is 7. The van der Waals surface area contributed by atoms with Gasteiger partial charge in [0.15, 0.2) is 5.82 Å². The molecule has 2 heterocycles. The fraction of sp³-hybridized carbons (Fsp3) is 0.400. The average molecular weight is 581 g/mol. The largest absolute Gasteiger partial charge is 0.374 e. The number of aromatic nitrogens is 2. The van der Waals surface area contributed by atoms with Crippen molar-refractivity contribution in [1.82, 2.24) is 19.8 Å². The van der Waals surface area contributed by atoms with E-state index >= 15 is 0 Å². The molecule has 220 valence electrons. The van der Waals surface area contributed by atoms with E-state index in [1.165, 1.54) is 6.33 Å². The topological polar surface area (TPSA) is 132 Å². The van der Waals surface area contributed by atoms with Gasteiger partial charge in [-0.25, -0.2) is 4.98 Å². The minimum absolute atomic E-state index is 0. The van der Waals surface area contributed by atoms with Crippen molar-refractivity contribution in [2.75, 3.05) is 36.5 Å². The Labute approximate surface area is 246 Å². The van der Waals surface area contributed by atoms with Crippen molar-refractivity contribution in [3.8, 4) is 0 Å². The van der Waals surface area contributed by atoms with Crippen molar-refractivity contribution in [2.24, 2.45) is 5.73 Å². The van der Waals surface area contributed by atoms with Crippen LogP contribution in [-0.2, 0) is 25.7 Å². The van der Waals surface area contributed by atoms with Crippen LogP contribution in [0.5, 0.6) is 0 Å². The molecule has 0 saturated carbocycles. The molecule has 1 unspecified atom stereocenters. The van der Waals surface area contributed by atoms with Gasteiger partial charge in [0.05, 0.1) is 25.1 Å². The molecule has 1 saturated heterocycles. The second-order valence-corrected chi connectivity index (χ2v) is 11.4. The molecule has 41 heavy (non-hydrogen) atoms. The lowest BCUT2D eigenvalue weighted by atomic mass is 10.1. The summed E-state index contributed by atoms with van der Waals surface area (Å²) >= 11 is 1.83. The van der Waals surface area contributed by atoms with Gasteiger partial charge in [0, 0.05) is 30.8 Å². The number of nitrogens with one attached hydrogen (secondary N) is 2. The number of ether oxygens (including phenoxy) is 1. The Balaban J connectivity index is 0.00000462. The summed E-state index contributed by atoms with van der Waals surface area (Å²) in [6, 6.07) is 17.4. The van der Waals surface area contributed by atoms with Gasteiger partial charge < -0.3 is 30.6 Å². The van der Waals surface area contributed by atoms with Crippen LogP contribution in [0.2, 0.25) is 0 Å². The van der Waals surface area contributed by atoms with E-state index in [9.17, 15) is 14.4 Å². The molecule has 1 aliphatic heterocycles. The van der Waals surface area contributed by atoms with Crippen molar-refractivity contribution >= 4 is 35.3 Å². The Morgan fingerprint density at radius 1 is 1.05 bits per heavy atom. The number of thioether (sulfide) groups is 1. The van der Waals surface area contributed by atoms with E-state index in [1.807, 2.05) is 77.3 Å². The van der Waals surface area contributed by atoms with Crippen LogP contribution in [0.3, 0.4) is 0 Å². The number of carbonyl (C=O) groups excluding carboxylic acids is 3. The van der Waals surface area contributed by atoms with E-state index < -0.39 is 29.4 Å². The van der Waals surface area contributed by atoms with Gasteiger partial charge in [-0.2, -0.15) is 11.8 Å². The fourth-order valence-corrected chi connectivity index (χ4v) is 5.09. The number of anilines is 1. The molecule has 2 atom stereocenters. The number of rotatable bonds is 11. The maximum absolute atomic E-state index is 13.6. The average Bonchev–Trinajstić information content (AvgIpc) is 3.41. The Bertz CT molecular complexity index is 1270. The minimum atomic E-state index is -1.18. The molecule has 4 rings (SSSR count). The van der Waals surface area contributed by atoms with Crippen molar-refractivity contribution in [2.45, 2.75) is 45.5 Å². The molecule has 1 fully saturated rings. The number of amides is 3. The van der Waals surface area contributed by atoms with Crippen LogP contribution in [0.25, 0.3) is 0 Å². The summed E-state index contributed by atoms with van der Waals surface area (Å²) in [6.45, 7) is 4.70. The lowest BCUT2D eigenvalue weighted by molar-refractivity contribution is -0.133. The molecule has 2 aromatic carbocycles. The van der Waals surface area contributed by atoms with Crippen LogP contribution in [0.1, 0.15) is 38.4 Å². The summed E-state index contributed by atoms with van der Waals surface area (Å²) in [4.78, 5) is 45.7. The summed E-state index contributed by atoms with van der Waals surface area (Å²) in [5, 5.41) is 5.44. The zero-order valence-electron chi connectivity index (χ0n) is 22.8. The first kappa shape index (κ1) is 31.9. The van der Waals surface area contributed by atoms with Crippen LogP contribution in [0.4, 0.5) is 5.82 Å². The Morgan fingerprint density at radius 2 is 1.68 bits per heavy atom. The number of imidazole rings is 1. The molecular formula is C30H40N6O4S. The Hall–Kier alpha value is -3.67. The van der Waals surface area contributed by atoms with Gasteiger partial charge in [0.2, 0.25) is 11.8 Å². The lowest BCUT2D eigenvalue weighted by Crippen LogP contribution is -2.56. The van der Waals surface area contributed by atoms with Crippen LogP contribution in [-0.4, -0.2) is 75.0 Å². The minimum Gasteiger partial charge on any atom is -0.374 e. The van der Waals surface area contributed by atoms with E-state index in [0.717, 1.165) is 22.6 Å². The molecule has 11 heteroatoms. The van der Waals surface area contributed by atoms with E-state index in [-0.39, 0.29) is 32.4 Å². The van der Waals surface area contributed by atoms with Crippen LogP contribution >= 0.6 is 11.8 Å². The van der Waals surface area contributed by atoms with Crippen LogP contribution in [0.15, 0.2) is 73.2 Å². The number of nitrogens with two attached hydrogens (primary N) is 1. The van der Waals surface area contributed by atoms with Gasteiger partial charge >= 0.3 is 0 Å². The van der Waals surface area contributed by atoms with Gasteiger partial charge in [-0.15, -0.1) is 0 Å². The highest BCUT2D eigenvalue weighted by molar-refractivity contribution is 7.99. The maximum Gasteiger partial charge on any atom is 0.250 e. The highest BCUT2D eigenvalue weighted by atomic mass is 32.2. The van der Waals surface area contributed by atoms with Gasteiger partial charge in [-0.05, 0) is 25.0 Å². The monoisotopic (exact) mass is 580 g/mol. The molecule has 3 amide bonds. The van der Waals surface area contributed by atoms with Gasteiger partial charge in [-0.1, -0.05) is 68.1 Å². The predicted octanol–water partition coefficient (Wildman–Crippen LogP) is 3.06. The second-order valence-electron chi connectivity index (χ2n) is 10.2. The van der Waals surface area contributed by atoms with Crippen molar-refractivity contribution < 1.29 is 19.1 Å². The molecule has 0 spiro atoms. The first-order chi connectivity index (χ1) is 19.2. The third kappa shape index (κ3) is 8.91. The van der Waals surface area contributed by atoms with E-state index in [0.29, 0.717) is 13.1 Å². The normalized spacial score (nSPS) is 14.9. The highest BCUT2D eigenvalue weighted by Gasteiger charge is 2.31. The lowest BCUT2D eigenvalue weighted by Gasteiger charge is -2.30. The van der Waals surface area contributed by atoms with E-state index in [2.05, 4.69) is 15.6 Å². The van der Waals surface area contributed by atoms with Gasteiger partial charge in [0.1, 0.15) is 12.1 Å². The first-order valence-corrected chi connectivity index (χ1v) is 14.3. The van der Waals surface area contributed by atoms with Crippen LogP contribution in [0, 0.1) is 0 Å². The number of benzene rings is 2. The zero-order valence-corrected chi connectivity index (χ0v) is 23.6. The van der Waals surface area contributed by atoms with Crippen molar-refractivity contribution in [3.05, 3.63) is 84.3 Å². The predicted molar refractivity (Wildman–Crippen MR) is 162 cm³/mol. The number of nitrogens with zero attached hydrogens (tertiary/aromatic N) is 3. The van der Waals surface area contributed by atoms with Gasteiger partial charge in [0.25, 0.3) is 5.91 Å². The standard InChI is InChI=1S/C29H36N6O4S.CH4/c1-29(2,30)28(38)32-23(19-39-18-21-9-5-3-6-10-21)26(36)33-24-17-35(20-31-24)25(22-11-7-4-8-12-22)27(37)34-13-15-40-16-14-34;/h3-12,17,20,23,25H,13-16,18-19,30H2,1-2H3,(H,32,38)(H,33,36);1H4/t23-,25?;/m1./s1. The molecule has 1 aliphatic rings. The quantitative estimate of drug-likeness (QED) is 0.318. The molecular weight excluding hydrogens is 540 g/mol. The summed E-state index contributed by atoms with van der Waals surface area (Å²) in [5.41, 5.74) is 6.52. The summed E-state index contributed by atoms with van der Waals surface area (Å²) < 4.78 is 7.47. The highest BCUT2D eigenvalue weighted by Crippen LogP contribution is 2.24. The van der Waals surface area contributed by atoms with Crippen LogP contribution < -0.4 is 16.4 Å². The maximum atomic E-state index is 13.6. The van der Waals surface area contributed by atoms with Crippen molar-refractivity contribution in [1.29, 1.82) is 0 Å². The van der Waals surface area contributed by atoms with Crippen molar-refractivity contribution in [3.63, 3.8) is 0 Å². The Morgan fingerprint density at radius 3 is 2.32 bits per heavy atom. The third-order valence-electron chi connectivity index (χ3n) is 6.43. The fourth-order valence-electron chi connectivity index (χ4n) is 4.19. The molecule has 0 bridgehead atoms. The molecule has 3 aromatic rings. The number of carbonyl (C=O) groups is 3. The van der Waals surface area contributed by atoms with E-state index in [4.69, 9.17) is 10.5 Å². The molecule has 4 N–H and O–H groups in total. The second kappa shape index (κ2) is 14.8. The first-order valence-electron chi connectivity index (χ1n) is 13.2. The van der Waals surface area contributed by atoms with Gasteiger partial charge in [-0.3, -0.25) is 14.4 Å². The molecule has 1 aromatic heterocycles. The summed E-state index contributed by atoms with van der Waals surface area (Å²) in [7, 11) is 0. The Kier molecular flexibility index (Phi) is 11.5. The number of hydrogen-bond donors (Lipinski definition) is 3. The summed E-state index contributed by atoms with van der Waals surface area (Å²) in [6.07, 6.45) is 3.16. The summed E-state index contributed by atoms with van der Waals surface area (Å²) in [5.74, 6) is 1.03. The SMILES string of the molecule is C.CC(C)(N)C(=O)N[C@H](COCc1ccccc1)C(=O)Nc1cn(C(C(=O)N2CCSCC2)c2ccccc2)cn1. The molecule has 0 aliphatic carbocycles. The molecule has 10 nitrogen and oxygen atoms in total. The van der Waals surface area contributed by atoms with E-state index in [1.54, 1.807) is 24.6 Å². The molecule has 0 radical (unpaired) electrons.